The zero-order valence-electron chi connectivity index (χ0n) is 14.7. The van der Waals surface area contributed by atoms with Gasteiger partial charge in [0.15, 0.2) is 0 Å². The molecule has 0 bridgehead atoms. The normalized spacial score (nSPS) is 31.4. The second-order valence-corrected chi connectivity index (χ2v) is 11.8. The minimum absolute atomic E-state index is 0.350. The highest BCUT2D eigenvalue weighted by molar-refractivity contribution is 9.09. The third kappa shape index (κ3) is 8.47. The number of rotatable bonds is 6. The van der Waals surface area contributed by atoms with Gasteiger partial charge in [-0.1, -0.05) is 73.0 Å². The van der Waals surface area contributed by atoms with E-state index >= 15 is 0 Å². The molecule has 2 fully saturated rings. The lowest BCUT2D eigenvalue weighted by Crippen LogP contribution is -2.23. The largest absolute Gasteiger partial charge is 0.228 e. The third-order valence-corrected chi connectivity index (χ3v) is 10.4. The molecule has 0 aromatic heterocycles. The van der Waals surface area contributed by atoms with E-state index in [1.165, 1.54) is 64.2 Å². The van der Waals surface area contributed by atoms with Gasteiger partial charge in [-0.05, 0) is 59.9 Å². The van der Waals surface area contributed by atoms with E-state index in [2.05, 4.69) is 20.3 Å². The van der Waals surface area contributed by atoms with Crippen molar-refractivity contribution in [2.45, 2.75) is 99.6 Å². The van der Waals surface area contributed by atoms with E-state index in [4.69, 9.17) is 24.4 Å². The van der Waals surface area contributed by atoms with E-state index < -0.39 is 0 Å². The Bertz CT molecular complexity index is 432. The summed E-state index contributed by atoms with van der Waals surface area (Å²) in [5, 5.41) is 6.41. The summed E-state index contributed by atoms with van der Waals surface area (Å²) in [6.45, 7) is 0. The summed E-state index contributed by atoms with van der Waals surface area (Å²) in [4.78, 5) is 8.97. The molecule has 0 radical (unpaired) electrons. The minimum Gasteiger partial charge on any atom is -0.228 e. The van der Waals surface area contributed by atoms with Gasteiger partial charge < -0.3 is 0 Å². The van der Waals surface area contributed by atoms with Crippen molar-refractivity contribution in [3.05, 3.63) is 0 Å². The van der Waals surface area contributed by atoms with Crippen LogP contribution in [0.1, 0.15) is 77.0 Å². The Labute approximate surface area is 175 Å². The molecule has 7 heteroatoms. The van der Waals surface area contributed by atoms with Crippen LogP contribution in [0.5, 0.6) is 0 Å². The summed E-state index contributed by atoms with van der Waals surface area (Å²) in [6, 6.07) is 0.700. The first-order valence-electron chi connectivity index (χ1n) is 9.48. The molecule has 4 atom stereocenters. The Morgan fingerprint density at radius 1 is 0.600 bits per heavy atom. The molecule has 0 unspecified atom stereocenters. The van der Waals surface area contributed by atoms with Gasteiger partial charge in [-0.15, -0.1) is 0 Å². The van der Waals surface area contributed by atoms with Gasteiger partial charge in [-0.2, -0.15) is 0 Å². The molecule has 2 rings (SSSR count). The van der Waals surface area contributed by atoms with Crippen LogP contribution in [0.2, 0.25) is 0 Å². The molecule has 0 aromatic rings. The SMILES string of the molecule is S=C=N[C@@H]1CCCCCC[C@H]1SSS[C@@H]1CCCCCC[C@H]1N=C=S. The smallest absolute Gasteiger partial charge is 0.0729 e. The highest BCUT2D eigenvalue weighted by Gasteiger charge is 2.26. The van der Waals surface area contributed by atoms with Gasteiger partial charge in [-0.25, -0.2) is 9.98 Å². The number of hydrogen-bond donors (Lipinski definition) is 0. The van der Waals surface area contributed by atoms with Crippen LogP contribution in [0, 0.1) is 0 Å². The van der Waals surface area contributed by atoms with Crippen LogP contribution < -0.4 is 0 Å². The molecule has 2 aliphatic rings. The van der Waals surface area contributed by atoms with Crippen LogP contribution in [-0.4, -0.2) is 32.9 Å². The predicted molar refractivity (Wildman–Crippen MR) is 123 cm³/mol. The van der Waals surface area contributed by atoms with E-state index in [1.807, 2.05) is 31.4 Å². The van der Waals surface area contributed by atoms with Crippen molar-refractivity contribution in [2.24, 2.45) is 9.98 Å². The molecule has 0 spiro atoms. The molecule has 140 valence electrons. The molecule has 0 aromatic carbocycles. The Kier molecular flexibility index (Phi) is 12.1. The second-order valence-electron chi connectivity index (χ2n) is 6.90. The topological polar surface area (TPSA) is 24.7 Å². The second kappa shape index (κ2) is 13.8. The van der Waals surface area contributed by atoms with Crippen LogP contribution in [0.4, 0.5) is 0 Å². The molecular weight excluding hydrogens is 405 g/mol. The molecule has 0 amide bonds. The maximum absolute atomic E-state index is 4.88. The molecule has 0 N–H and O–H groups in total. The van der Waals surface area contributed by atoms with E-state index in [0.29, 0.717) is 22.6 Å². The Morgan fingerprint density at radius 3 is 1.40 bits per heavy atom. The highest BCUT2D eigenvalue weighted by atomic mass is 33.5. The fraction of sp³-hybridized carbons (Fsp3) is 0.889. The van der Waals surface area contributed by atoms with E-state index in [0.717, 1.165) is 12.8 Å². The first kappa shape index (κ1) is 21.9. The maximum Gasteiger partial charge on any atom is 0.0729 e. The summed E-state index contributed by atoms with van der Waals surface area (Å²) in [6.07, 6.45) is 15.4. The Hall–Kier alpha value is 0.650. The van der Waals surface area contributed by atoms with Gasteiger partial charge in [0.25, 0.3) is 0 Å². The molecule has 25 heavy (non-hydrogen) atoms. The van der Waals surface area contributed by atoms with E-state index in [1.54, 1.807) is 0 Å². The fourth-order valence-corrected chi connectivity index (χ4v) is 9.65. The van der Waals surface area contributed by atoms with Crippen molar-refractivity contribution < 1.29 is 0 Å². The molecule has 0 saturated heterocycles. The maximum atomic E-state index is 4.88. The number of isothiocyanates is 2. The first-order chi connectivity index (χ1) is 12.3. The van der Waals surface area contributed by atoms with E-state index in [9.17, 15) is 0 Å². The number of thiocarbonyl (C=S) groups is 2. The third-order valence-electron chi connectivity index (χ3n) is 5.10. The highest BCUT2D eigenvalue weighted by Crippen LogP contribution is 2.47. The molecule has 2 aliphatic carbocycles. The van der Waals surface area contributed by atoms with Gasteiger partial charge >= 0.3 is 0 Å². The number of aliphatic imine (C=N–C) groups is 2. The standard InChI is InChI=1S/C18H28N2S5/c21-13-19-15-9-5-1-3-7-11-17(15)23-25-24-18-12-8-4-2-6-10-16(18)20-14-22/h15-18H,1-12H2/t15-,16-,17-,18-/m1/s1. The number of hydrogen-bond acceptors (Lipinski definition) is 7. The predicted octanol–water partition coefficient (Wildman–Crippen LogP) is 7.40. The average molecular weight is 433 g/mol. The fourth-order valence-electron chi connectivity index (χ4n) is 3.64. The quantitative estimate of drug-likeness (QED) is 0.247. The van der Waals surface area contributed by atoms with Crippen LogP contribution in [-0.2, 0) is 0 Å². The Balaban J connectivity index is 1.88. The van der Waals surface area contributed by atoms with Gasteiger partial charge in [-0.3, -0.25) is 0 Å². The van der Waals surface area contributed by atoms with Gasteiger partial charge in [0.1, 0.15) is 0 Å². The van der Waals surface area contributed by atoms with Crippen LogP contribution in [0.25, 0.3) is 0 Å². The van der Waals surface area contributed by atoms with Crippen LogP contribution in [0.15, 0.2) is 9.98 Å². The zero-order chi connectivity index (χ0) is 17.7. The Morgan fingerprint density at radius 2 is 1.00 bits per heavy atom. The molecule has 0 heterocycles. The van der Waals surface area contributed by atoms with Crippen LogP contribution in [0.3, 0.4) is 0 Å². The van der Waals surface area contributed by atoms with Crippen LogP contribution >= 0.6 is 55.8 Å². The average Bonchev–Trinajstić information content (AvgIpc) is 2.57. The van der Waals surface area contributed by atoms with Gasteiger partial charge in [0, 0.05) is 10.5 Å². The number of nitrogens with zero attached hydrogens (tertiary/aromatic N) is 2. The summed E-state index contributed by atoms with van der Waals surface area (Å²) in [5.41, 5.74) is 0. The van der Waals surface area contributed by atoms with Gasteiger partial charge in [0.2, 0.25) is 0 Å². The summed E-state index contributed by atoms with van der Waals surface area (Å²) in [5.74, 6) is 0. The van der Waals surface area contributed by atoms with Crippen molar-refractivity contribution in [3.8, 4) is 0 Å². The summed E-state index contributed by atoms with van der Waals surface area (Å²) < 4.78 is 0. The summed E-state index contributed by atoms with van der Waals surface area (Å²) in [7, 11) is 5.96. The van der Waals surface area contributed by atoms with Crippen molar-refractivity contribution in [1.82, 2.24) is 0 Å². The lowest BCUT2D eigenvalue weighted by atomic mass is 9.97. The summed E-state index contributed by atoms with van der Waals surface area (Å²) >= 11 is 9.77. The van der Waals surface area contributed by atoms with Crippen molar-refractivity contribution in [2.75, 3.05) is 0 Å². The van der Waals surface area contributed by atoms with Crippen molar-refractivity contribution >= 4 is 66.2 Å². The molecular formula is C18H28N2S5. The molecule has 2 nitrogen and oxygen atoms in total. The molecule has 2 saturated carbocycles. The van der Waals surface area contributed by atoms with Crippen molar-refractivity contribution in [3.63, 3.8) is 0 Å². The van der Waals surface area contributed by atoms with Crippen molar-refractivity contribution in [1.29, 1.82) is 0 Å². The zero-order valence-corrected chi connectivity index (χ0v) is 18.8. The molecule has 0 aliphatic heterocycles. The first-order valence-corrected chi connectivity index (χ1v) is 13.9. The minimum atomic E-state index is 0.350. The lowest BCUT2D eigenvalue weighted by molar-refractivity contribution is 0.467. The van der Waals surface area contributed by atoms with E-state index in [-0.39, 0.29) is 0 Å². The lowest BCUT2D eigenvalue weighted by Gasteiger charge is -2.27. The monoisotopic (exact) mass is 432 g/mol. The van der Waals surface area contributed by atoms with Gasteiger partial charge in [0.05, 0.1) is 22.4 Å².